The molecule has 106 valence electrons. The van der Waals surface area contributed by atoms with Crippen LogP contribution in [-0.4, -0.2) is 40.3 Å². The Hall–Kier alpha value is -1.40. The van der Waals surface area contributed by atoms with Gasteiger partial charge in [0.2, 0.25) is 0 Å². The number of amides is 1. The van der Waals surface area contributed by atoms with E-state index in [9.17, 15) is 13.2 Å². The van der Waals surface area contributed by atoms with Crippen molar-refractivity contribution in [3.63, 3.8) is 0 Å². The summed E-state index contributed by atoms with van der Waals surface area (Å²) >= 11 is 0. The first-order valence-electron chi connectivity index (χ1n) is 6.12. The maximum Gasteiger partial charge on any atom is 0.252 e. The second-order valence-electron chi connectivity index (χ2n) is 4.07. The summed E-state index contributed by atoms with van der Waals surface area (Å²) in [6, 6.07) is 6.19. The van der Waals surface area contributed by atoms with Gasteiger partial charge >= 0.3 is 0 Å². The van der Waals surface area contributed by atoms with E-state index in [0.717, 1.165) is 6.26 Å². The molecule has 0 aliphatic carbocycles. The van der Waals surface area contributed by atoms with Gasteiger partial charge in [0, 0.05) is 26.0 Å². The number of carbonyl (C=O) groups is 1. The summed E-state index contributed by atoms with van der Waals surface area (Å²) in [6.45, 7) is 3.58. The van der Waals surface area contributed by atoms with Crippen LogP contribution in [0.2, 0.25) is 0 Å². The van der Waals surface area contributed by atoms with E-state index in [1.54, 1.807) is 12.1 Å². The summed E-state index contributed by atoms with van der Waals surface area (Å²) in [7, 11) is -3.40. The molecule has 0 unspecified atom stereocenters. The molecule has 6 heteroatoms. The lowest BCUT2D eigenvalue weighted by Crippen LogP contribution is -2.26. The molecule has 0 atom stereocenters. The molecule has 0 aromatic heterocycles. The molecule has 19 heavy (non-hydrogen) atoms. The smallest absolute Gasteiger partial charge is 0.252 e. The van der Waals surface area contributed by atoms with Gasteiger partial charge in [0.1, 0.15) is 0 Å². The number of nitrogens with one attached hydrogen (secondary N) is 1. The zero-order valence-electron chi connectivity index (χ0n) is 11.2. The van der Waals surface area contributed by atoms with Crippen molar-refractivity contribution >= 4 is 15.7 Å². The summed E-state index contributed by atoms with van der Waals surface area (Å²) in [5, 5.41) is 2.69. The van der Waals surface area contributed by atoms with E-state index in [1.807, 2.05) is 6.92 Å². The summed E-state index contributed by atoms with van der Waals surface area (Å²) in [4.78, 5) is 12.0. The Morgan fingerprint density at radius 1 is 1.32 bits per heavy atom. The minimum absolute atomic E-state index is 0.0531. The second kappa shape index (κ2) is 7.25. The summed E-state index contributed by atoms with van der Waals surface area (Å²) in [5.41, 5.74) is 0.182. The fourth-order valence-corrected chi connectivity index (χ4v) is 2.48. The highest BCUT2D eigenvalue weighted by molar-refractivity contribution is 7.90. The molecule has 0 heterocycles. The lowest BCUT2D eigenvalue weighted by molar-refractivity contribution is 0.0941. The summed E-state index contributed by atoms with van der Waals surface area (Å²) in [6.07, 6.45) is 1.79. The van der Waals surface area contributed by atoms with E-state index in [4.69, 9.17) is 4.74 Å². The Balaban J connectivity index is 2.68. The Kier molecular flexibility index (Phi) is 5.98. The molecule has 0 aliphatic rings. The van der Waals surface area contributed by atoms with E-state index < -0.39 is 9.84 Å². The molecule has 1 aromatic carbocycles. The first kappa shape index (κ1) is 15.7. The number of sulfone groups is 1. The van der Waals surface area contributed by atoms with Gasteiger partial charge in [-0.15, -0.1) is 0 Å². The van der Waals surface area contributed by atoms with E-state index in [0.29, 0.717) is 26.2 Å². The molecule has 1 rings (SSSR count). The minimum atomic E-state index is -3.40. The zero-order valence-corrected chi connectivity index (χ0v) is 12.0. The van der Waals surface area contributed by atoms with Crippen LogP contribution in [0.4, 0.5) is 0 Å². The average Bonchev–Trinajstić information content (AvgIpc) is 2.37. The van der Waals surface area contributed by atoms with Crippen LogP contribution < -0.4 is 5.32 Å². The lowest BCUT2D eigenvalue weighted by Gasteiger charge is -2.08. The first-order valence-corrected chi connectivity index (χ1v) is 8.01. The Morgan fingerprint density at radius 3 is 2.63 bits per heavy atom. The molecule has 0 aliphatic heterocycles. The topological polar surface area (TPSA) is 72.5 Å². The Morgan fingerprint density at radius 2 is 2.00 bits per heavy atom. The molecule has 0 saturated heterocycles. The molecule has 0 bridgehead atoms. The Bertz CT molecular complexity index is 525. The molecular formula is C13H19NO4S. The van der Waals surface area contributed by atoms with E-state index in [-0.39, 0.29) is 16.4 Å². The molecular weight excluding hydrogens is 266 g/mol. The van der Waals surface area contributed by atoms with Crippen molar-refractivity contribution < 1.29 is 17.9 Å². The number of ether oxygens (including phenoxy) is 1. The van der Waals surface area contributed by atoms with Crippen molar-refractivity contribution in [3.8, 4) is 0 Å². The number of carbonyl (C=O) groups excluding carboxylic acids is 1. The molecule has 1 amide bonds. The van der Waals surface area contributed by atoms with Crippen molar-refractivity contribution in [3.05, 3.63) is 29.8 Å². The minimum Gasteiger partial charge on any atom is -0.382 e. The number of benzene rings is 1. The average molecular weight is 285 g/mol. The van der Waals surface area contributed by atoms with Crippen LogP contribution in [0.25, 0.3) is 0 Å². The van der Waals surface area contributed by atoms with Crippen LogP contribution in [0.3, 0.4) is 0 Å². The van der Waals surface area contributed by atoms with Gasteiger partial charge in [-0.25, -0.2) is 8.42 Å². The lowest BCUT2D eigenvalue weighted by atomic mass is 10.2. The highest BCUT2D eigenvalue weighted by Gasteiger charge is 2.17. The van der Waals surface area contributed by atoms with E-state index in [1.165, 1.54) is 12.1 Å². The largest absolute Gasteiger partial charge is 0.382 e. The fourth-order valence-electron chi connectivity index (χ4n) is 1.59. The number of hydrogen-bond donors (Lipinski definition) is 1. The molecule has 0 spiro atoms. The fraction of sp³-hybridized carbons (Fsp3) is 0.462. The first-order chi connectivity index (χ1) is 8.96. The molecule has 0 radical (unpaired) electrons. The molecule has 1 aromatic rings. The van der Waals surface area contributed by atoms with Crippen LogP contribution >= 0.6 is 0 Å². The van der Waals surface area contributed by atoms with Gasteiger partial charge in [0.05, 0.1) is 10.5 Å². The van der Waals surface area contributed by atoms with Crippen molar-refractivity contribution in [1.29, 1.82) is 0 Å². The van der Waals surface area contributed by atoms with Crippen molar-refractivity contribution in [2.45, 2.75) is 18.2 Å². The molecule has 1 N–H and O–H groups in total. The van der Waals surface area contributed by atoms with Gasteiger partial charge in [-0.05, 0) is 25.5 Å². The van der Waals surface area contributed by atoms with Crippen LogP contribution in [0.15, 0.2) is 29.2 Å². The molecule has 0 saturated carbocycles. The normalized spacial score (nSPS) is 11.3. The third-order valence-electron chi connectivity index (χ3n) is 2.49. The van der Waals surface area contributed by atoms with Crippen LogP contribution in [0.5, 0.6) is 0 Å². The number of rotatable bonds is 7. The Labute approximate surface area is 113 Å². The van der Waals surface area contributed by atoms with Crippen molar-refractivity contribution in [1.82, 2.24) is 5.32 Å². The summed E-state index contributed by atoms with van der Waals surface area (Å²) in [5.74, 6) is -0.377. The maximum atomic E-state index is 11.9. The van der Waals surface area contributed by atoms with Gasteiger partial charge < -0.3 is 10.1 Å². The van der Waals surface area contributed by atoms with Gasteiger partial charge in [-0.2, -0.15) is 0 Å². The van der Waals surface area contributed by atoms with Crippen LogP contribution in [0, 0.1) is 0 Å². The second-order valence-corrected chi connectivity index (χ2v) is 6.06. The third-order valence-corrected chi connectivity index (χ3v) is 3.64. The van der Waals surface area contributed by atoms with Gasteiger partial charge in [-0.3, -0.25) is 4.79 Å². The predicted octanol–water partition coefficient (Wildman–Crippen LogP) is 1.25. The monoisotopic (exact) mass is 285 g/mol. The van der Waals surface area contributed by atoms with Gasteiger partial charge in [0.15, 0.2) is 9.84 Å². The quantitative estimate of drug-likeness (QED) is 0.765. The van der Waals surface area contributed by atoms with Crippen molar-refractivity contribution in [2.24, 2.45) is 0 Å². The van der Waals surface area contributed by atoms with Crippen molar-refractivity contribution in [2.75, 3.05) is 26.0 Å². The predicted molar refractivity (Wildman–Crippen MR) is 73.0 cm³/mol. The summed E-state index contributed by atoms with van der Waals surface area (Å²) < 4.78 is 28.3. The van der Waals surface area contributed by atoms with Crippen LogP contribution in [-0.2, 0) is 14.6 Å². The highest BCUT2D eigenvalue weighted by Crippen LogP contribution is 2.14. The van der Waals surface area contributed by atoms with Gasteiger partial charge in [0.25, 0.3) is 5.91 Å². The van der Waals surface area contributed by atoms with Crippen LogP contribution in [0.1, 0.15) is 23.7 Å². The standard InChI is InChI=1S/C13H19NO4S/c1-3-18-10-6-9-14-13(15)11-7-4-5-8-12(11)19(2,16)17/h4-5,7-8H,3,6,9-10H2,1-2H3,(H,14,15). The third kappa shape index (κ3) is 5.00. The highest BCUT2D eigenvalue weighted by atomic mass is 32.2. The number of hydrogen-bond acceptors (Lipinski definition) is 4. The maximum absolute atomic E-state index is 11.9. The van der Waals surface area contributed by atoms with Gasteiger partial charge in [-0.1, -0.05) is 12.1 Å². The SMILES string of the molecule is CCOCCCNC(=O)c1ccccc1S(C)(=O)=O. The van der Waals surface area contributed by atoms with E-state index in [2.05, 4.69) is 5.32 Å². The molecule has 5 nitrogen and oxygen atoms in total. The molecule has 0 fully saturated rings. The zero-order chi connectivity index (χ0) is 14.3. The van der Waals surface area contributed by atoms with E-state index >= 15 is 0 Å².